The summed E-state index contributed by atoms with van der Waals surface area (Å²) in [6.07, 6.45) is 19.1. The van der Waals surface area contributed by atoms with E-state index >= 15 is 0 Å². The van der Waals surface area contributed by atoms with Crippen molar-refractivity contribution in [2.45, 2.75) is 233 Å². The molecule has 0 radical (unpaired) electrons. The maximum Gasteiger partial charge on any atom is 0.266 e. The van der Waals surface area contributed by atoms with Crippen LogP contribution in [0.4, 0.5) is 0 Å². The van der Waals surface area contributed by atoms with Crippen molar-refractivity contribution in [3.8, 4) is 0 Å². The Morgan fingerprint density at radius 1 is 0.652 bits per heavy atom. The van der Waals surface area contributed by atoms with Crippen LogP contribution < -0.4 is 21.7 Å². The first kappa shape index (κ1) is 53.9. The molecule has 12 nitrogen and oxygen atoms in total. The van der Waals surface area contributed by atoms with Gasteiger partial charge in [0.2, 0.25) is 11.8 Å². The van der Waals surface area contributed by atoms with E-state index in [9.17, 15) is 33.3 Å². The van der Waals surface area contributed by atoms with Crippen LogP contribution in [0.2, 0.25) is 0 Å². The fourth-order valence-electron chi connectivity index (χ4n) is 20.0. The van der Waals surface area contributed by atoms with Crippen molar-refractivity contribution in [3.63, 3.8) is 0 Å². The summed E-state index contributed by atoms with van der Waals surface area (Å²) in [5.41, 5.74) is 6.64. The zero-order chi connectivity index (χ0) is 50.3. The highest BCUT2D eigenvalue weighted by atomic mass is 32.2. The van der Waals surface area contributed by atoms with E-state index in [0.717, 1.165) is 89.9 Å². The van der Waals surface area contributed by atoms with E-state index in [1.807, 2.05) is 0 Å². The SMILES string of the molecule is C[C@H](CCC(=O)NC(C)(C)CC(C)(N)N[C@@H]1CC[C@@]2(C)C(C1)C[C@H](O)[C@H]1C3CC[C@H]([C@H](C)CCC(=O)NCCS(=O)(=O)O)[C@@]3(C)CC[C@@H]12)[C@H]1CCC2[C@@H]3[C@@H](O)CC4C[C@H](O)CC[C@]4(C)[C@H]3CC[C@@]21C. The van der Waals surface area contributed by atoms with Gasteiger partial charge in [-0.1, -0.05) is 41.5 Å². The molecule has 0 saturated heterocycles. The lowest BCUT2D eigenvalue weighted by molar-refractivity contribution is -0.174. The van der Waals surface area contributed by atoms with Gasteiger partial charge in [0.15, 0.2) is 0 Å². The molecule has 69 heavy (non-hydrogen) atoms. The minimum atomic E-state index is -4.11. The van der Waals surface area contributed by atoms with Crippen molar-refractivity contribution in [2.24, 2.45) is 98.4 Å². The molecule has 0 aromatic carbocycles. The number of aliphatic hydroxyl groups is 3. The van der Waals surface area contributed by atoms with Crippen molar-refractivity contribution in [1.82, 2.24) is 16.0 Å². The molecule has 8 rings (SSSR count). The quantitative estimate of drug-likeness (QED) is 0.0547. The smallest absolute Gasteiger partial charge is 0.266 e. The molecule has 8 aliphatic rings. The number of nitrogens with two attached hydrogens (primary N) is 1. The Bertz CT molecular complexity index is 1970. The van der Waals surface area contributed by atoms with E-state index in [0.29, 0.717) is 84.4 Å². The van der Waals surface area contributed by atoms with Gasteiger partial charge in [0.1, 0.15) is 0 Å². The fourth-order valence-corrected chi connectivity index (χ4v) is 20.3. The molecule has 396 valence electrons. The lowest BCUT2D eigenvalue weighted by Crippen LogP contribution is -2.63. The van der Waals surface area contributed by atoms with Gasteiger partial charge in [-0.15, -0.1) is 0 Å². The van der Waals surface area contributed by atoms with Gasteiger partial charge in [-0.05, 0) is 229 Å². The molecule has 8 fully saturated rings. The van der Waals surface area contributed by atoms with Crippen LogP contribution in [0.15, 0.2) is 0 Å². The molecule has 9 N–H and O–H groups in total. The van der Waals surface area contributed by atoms with E-state index in [-0.39, 0.29) is 70.3 Å². The summed E-state index contributed by atoms with van der Waals surface area (Å²) in [5.74, 6) is 4.73. The number of carbonyl (C=O) groups is 2. The monoisotopic (exact) mass is 987 g/mol. The van der Waals surface area contributed by atoms with Crippen LogP contribution in [-0.2, 0) is 19.7 Å². The summed E-state index contributed by atoms with van der Waals surface area (Å²) < 4.78 is 31.2. The minimum Gasteiger partial charge on any atom is -0.393 e. The average Bonchev–Trinajstić information content (AvgIpc) is 3.78. The molecule has 0 aliphatic heterocycles. The number of fused-ring (bicyclic) bond motifs is 10. The van der Waals surface area contributed by atoms with E-state index in [4.69, 9.17) is 10.3 Å². The Kier molecular flexibility index (Phi) is 15.4. The molecule has 0 spiro atoms. The maximum atomic E-state index is 13.7. The third-order valence-corrected chi connectivity index (χ3v) is 23.7. The van der Waals surface area contributed by atoms with Crippen LogP contribution in [0.1, 0.15) is 197 Å². The van der Waals surface area contributed by atoms with Gasteiger partial charge in [-0.2, -0.15) is 8.42 Å². The Balaban J connectivity index is 0.797. The van der Waals surface area contributed by atoms with E-state index in [1.54, 1.807) is 0 Å². The zero-order valence-corrected chi connectivity index (χ0v) is 45.2. The van der Waals surface area contributed by atoms with Gasteiger partial charge in [0, 0.05) is 37.4 Å². The van der Waals surface area contributed by atoms with Crippen molar-refractivity contribution in [1.29, 1.82) is 0 Å². The van der Waals surface area contributed by atoms with Crippen molar-refractivity contribution >= 4 is 21.9 Å². The first-order valence-corrected chi connectivity index (χ1v) is 29.8. The Labute approximate surface area is 417 Å². The van der Waals surface area contributed by atoms with E-state index < -0.39 is 27.1 Å². The van der Waals surface area contributed by atoms with Crippen molar-refractivity contribution in [3.05, 3.63) is 0 Å². The zero-order valence-electron chi connectivity index (χ0n) is 44.4. The predicted molar refractivity (Wildman–Crippen MR) is 272 cm³/mol. The molecule has 8 aliphatic carbocycles. The van der Waals surface area contributed by atoms with Crippen molar-refractivity contribution < 1.29 is 37.9 Å². The van der Waals surface area contributed by atoms with Crippen LogP contribution in [0.5, 0.6) is 0 Å². The Hall–Kier alpha value is -1.35. The summed E-state index contributed by atoms with van der Waals surface area (Å²) in [5, 5.41) is 44.2. The van der Waals surface area contributed by atoms with Gasteiger partial charge < -0.3 is 31.7 Å². The summed E-state index contributed by atoms with van der Waals surface area (Å²) >= 11 is 0. The number of hydrogen-bond acceptors (Lipinski definition) is 9. The van der Waals surface area contributed by atoms with Crippen LogP contribution in [0.3, 0.4) is 0 Å². The van der Waals surface area contributed by atoms with E-state index in [2.05, 4.69) is 78.3 Å². The summed E-state index contributed by atoms with van der Waals surface area (Å²) in [6.45, 7) is 20.8. The molecule has 0 heterocycles. The normalized spacial score (nSPS) is 45.8. The Morgan fingerprint density at radius 3 is 1.64 bits per heavy atom. The number of aliphatic hydroxyl groups excluding tert-OH is 3. The number of carbonyl (C=O) groups excluding carboxylic acids is 2. The minimum absolute atomic E-state index is 0.0818. The number of amides is 2. The highest BCUT2D eigenvalue weighted by Crippen LogP contribution is 2.70. The summed E-state index contributed by atoms with van der Waals surface area (Å²) in [4.78, 5) is 26.3. The average molecular weight is 987 g/mol. The molecule has 0 bridgehead atoms. The molecule has 13 heteroatoms. The number of rotatable bonds is 16. The maximum absolute atomic E-state index is 13.7. The second-order valence-electron chi connectivity index (χ2n) is 27.8. The first-order valence-electron chi connectivity index (χ1n) is 28.2. The van der Waals surface area contributed by atoms with Crippen LogP contribution in [0, 0.1) is 92.7 Å². The summed E-state index contributed by atoms with van der Waals surface area (Å²) in [7, 11) is -4.11. The lowest BCUT2D eigenvalue weighted by atomic mass is 9.43. The molecular weight excluding hydrogens is 889 g/mol. The highest BCUT2D eigenvalue weighted by Gasteiger charge is 2.65. The van der Waals surface area contributed by atoms with Crippen LogP contribution in [0.25, 0.3) is 0 Å². The molecule has 0 aromatic heterocycles. The second kappa shape index (κ2) is 19.7. The fraction of sp³-hybridized carbons (Fsp3) is 0.964. The van der Waals surface area contributed by atoms with Gasteiger partial charge in [0.25, 0.3) is 10.1 Å². The highest BCUT2D eigenvalue weighted by molar-refractivity contribution is 7.85. The molecule has 8 saturated carbocycles. The van der Waals surface area contributed by atoms with Crippen molar-refractivity contribution in [2.75, 3.05) is 12.3 Å². The van der Waals surface area contributed by atoms with Gasteiger partial charge >= 0.3 is 0 Å². The Morgan fingerprint density at radius 2 is 1.12 bits per heavy atom. The van der Waals surface area contributed by atoms with Crippen LogP contribution >= 0.6 is 0 Å². The summed E-state index contributed by atoms with van der Waals surface area (Å²) in [6, 6.07) is 0.242. The number of hydrogen-bond donors (Lipinski definition) is 8. The molecule has 2 amide bonds. The standard InChI is InChI=1S/C56H98N4O8S/c1-33(10-16-47(64)58-26-27-69(66,67)68)39-12-14-41-49-43(20-24-54(39,41)7)52(5)22-18-37(28-35(52)30-45(49)62)59-56(9,57)32-51(3,4)60-48(65)17-11-34(2)40-13-15-42-50-44(21-25-55(40,42)8)53(6)23-19-38(61)29-36(53)31-46(50)63/h33-46,49-50,59,61-63H,10-32,57H2,1-9H3,(H,58,64)(H,60,65)(H,66,67,68)/t33-,34-,35?,36?,37-,38-,39-,40-,41?,42?,43+,44+,45+,46+,49+,50+,52+,53+,54-,55-,56?/m1/s1. The predicted octanol–water partition coefficient (Wildman–Crippen LogP) is 8.36. The molecule has 0 aromatic rings. The van der Waals surface area contributed by atoms with Crippen LogP contribution in [-0.4, -0.2) is 88.0 Å². The largest absolute Gasteiger partial charge is 0.393 e. The van der Waals surface area contributed by atoms with Gasteiger partial charge in [0.05, 0.1) is 29.7 Å². The number of nitrogens with one attached hydrogen (secondary N) is 3. The van der Waals surface area contributed by atoms with E-state index in [1.165, 1.54) is 25.7 Å². The van der Waals surface area contributed by atoms with Gasteiger partial charge in [-0.3, -0.25) is 19.5 Å². The lowest BCUT2D eigenvalue weighted by Gasteiger charge is -2.63. The third kappa shape index (κ3) is 10.7. The van der Waals surface area contributed by atoms with Gasteiger partial charge in [-0.25, -0.2) is 0 Å². The second-order valence-corrected chi connectivity index (χ2v) is 29.4. The molecule has 21 atom stereocenters. The first-order chi connectivity index (χ1) is 32.1. The molecular formula is C56H98N4O8S. The third-order valence-electron chi connectivity index (χ3n) is 23.0. The topological polar surface area (TPSA) is 211 Å². The molecule has 5 unspecified atom stereocenters.